The van der Waals surface area contributed by atoms with Crippen LogP contribution in [0.2, 0.25) is 0 Å². The molecule has 0 bridgehead atoms. The first-order chi connectivity index (χ1) is 18.0. The van der Waals surface area contributed by atoms with Gasteiger partial charge in [0.2, 0.25) is 0 Å². The molecule has 4 heteroatoms. The summed E-state index contributed by atoms with van der Waals surface area (Å²) in [4.78, 5) is 0. The van der Waals surface area contributed by atoms with Crippen molar-refractivity contribution < 1.29 is 13.5 Å². The van der Waals surface area contributed by atoms with Gasteiger partial charge in [0, 0.05) is 4.47 Å². The summed E-state index contributed by atoms with van der Waals surface area (Å²) < 4.78 is 35.8. The zero-order chi connectivity index (χ0) is 25.6. The molecule has 6 rings (SSSR count). The molecule has 1 atom stereocenters. The second-order valence-electron chi connectivity index (χ2n) is 9.01. The number of ether oxygens (including phenoxy) is 1. The molecule has 0 spiro atoms. The predicted molar refractivity (Wildman–Crippen MR) is 148 cm³/mol. The van der Waals surface area contributed by atoms with Crippen LogP contribution in [0.5, 0.6) is 11.5 Å². The molecule has 0 aromatic heterocycles. The lowest BCUT2D eigenvalue weighted by atomic mass is 9.67. The van der Waals surface area contributed by atoms with Gasteiger partial charge in [0.1, 0.15) is 11.5 Å². The number of benzene rings is 5. The Kier molecular flexibility index (Phi) is 5.77. The summed E-state index contributed by atoms with van der Waals surface area (Å²) in [7, 11) is 0. The van der Waals surface area contributed by atoms with Gasteiger partial charge in [-0.25, -0.2) is 8.78 Å². The minimum absolute atomic E-state index is 0.657. The Morgan fingerprint density at radius 3 is 2.00 bits per heavy atom. The molecule has 5 aromatic carbocycles. The molecule has 0 saturated carbocycles. The van der Waals surface area contributed by atoms with Crippen molar-refractivity contribution in [1.29, 1.82) is 0 Å². The second-order valence-corrected chi connectivity index (χ2v) is 9.93. The molecule has 5 aromatic rings. The zero-order valence-corrected chi connectivity index (χ0v) is 21.3. The molecule has 0 radical (unpaired) electrons. The third kappa shape index (κ3) is 3.80. The van der Waals surface area contributed by atoms with E-state index >= 15 is 0 Å². The van der Waals surface area contributed by atoms with Crippen molar-refractivity contribution >= 4 is 22.0 Å². The summed E-state index contributed by atoms with van der Waals surface area (Å²) in [6.45, 7) is 3.78. The van der Waals surface area contributed by atoms with E-state index in [-0.39, 0.29) is 0 Å². The Balaban J connectivity index is 1.55. The van der Waals surface area contributed by atoms with Gasteiger partial charge < -0.3 is 4.74 Å². The fourth-order valence-corrected chi connectivity index (χ4v) is 5.71. The number of rotatable bonds is 5. The van der Waals surface area contributed by atoms with E-state index in [1.54, 1.807) is 12.1 Å². The maximum Gasteiger partial charge on any atom is 0.159 e. The molecule has 1 unspecified atom stereocenters. The third-order valence-electron chi connectivity index (χ3n) is 7.00. The molecule has 1 nitrogen and oxygen atoms in total. The minimum Gasteiger partial charge on any atom is -0.457 e. The molecular formula is C33H21BrF2O. The smallest absolute Gasteiger partial charge is 0.159 e. The largest absolute Gasteiger partial charge is 0.457 e. The lowest BCUT2D eigenvalue weighted by molar-refractivity contribution is 0.482. The first-order valence-corrected chi connectivity index (χ1v) is 12.7. The summed E-state index contributed by atoms with van der Waals surface area (Å²) >= 11 is 3.63. The highest BCUT2D eigenvalue weighted by Gasteiger charge is 2.46. The first-order valence-electron chi connectivity index (χ1n) is 11.9. The van der Waals surface area contributed by atoms with E-state index in [4.69, 9.17) is 4.74 Å². The van der Waals surface area contributed by atoms with E-state index < -0.39 is 17.0 Å². The number of fused-ring (bicyclic) bond motifs is 3. The highest BCUT2D eigenvalue weighted by atomic mass is 79.9. The summed E-state index contributed by atoms with van der Waals surface area (Å²) in [6.07, 6.45) is 1.78. The Hall–Kier alpha value is -4.02. The van der Waals surface area contributed by atoms with Crippen molar-refractivity contribution in [2.45, 2.75) is 5.41 Å². The lowest BCUT2D eigenvalue weighted by Crippen LogP contribution is -2.28. The van der Waals surface area contributed by atoms with Crippen LogP contribution >= 0.6 is 15.9 Å². The van der Waals surface area contributed by atoms with E-state index in [0.29, 0.717) is 17.1 Å². The van der Waals surface area contributed by atoms with Crippen molar-refractivity contribution in [2.24, 2.45) is 0 Å². The molecule has 1 aliphatic carbocycles. The summed E-state index contributed by atoms with van der Waals surface area (Å²) in [5.41, 5.74) is 5.91. The van der Waals surface area contributed by atoms with Crippen LogP contribution in [0.3, 0.4) is 0 Å². The van der Waals surface area contributed by atoms with Crippen molar-refractivity contribution in [3.05, 3.63) is 160 Å². The van der Waals surface area contributed by atoms with Crippen molar-refractivity contribution in [2.75, 3.05) is 0 Å². The quantitative estimate of drug-likeness (QED) is 0.207. The Bertz CT molecular complexity index is 1640. The van der Waals surface area contributed by atoms with Crippen LogP contribution in [-0.2, 0) is 5.41 Å². The van der Waals surface area contributed by atoms with E-state index in [1.165, 1.54) is 12.1 Å². The molecule has 1 aliphatic rings. The first kappa shape index (κ1) is 23.4. The van der Waals surface area contributed by atoms with Crippen LogP contribution in [0, 0.1) is 11.6 Å². The average Bonchev–Trinajstić information content (AvgIpc) is 3.21. The van der Waals surface area contributed by atoms with Crippen LogP contribution in [0.25, 0.3) is 17.2 Å². The van der Waals surface area contributed by atoms with Gasteiger partial charge in [-0.2, -0.15) is 0 Å². The van der Waals surface area contributed by atoms with Crippen LogP contribution in [-0.4, -0.2) is 0 Å². The molecule has 0 aliphatic heterocycles. The van der Waals surface area contributed by atoms with Crippen molar-refractivity contribution in [3.8, 4) is 22.6 Å². The van der Waals surface area contributed by atoms with Crippen molar-refractivity contribution in [1.82, 2.24) is 0 Å². The standard InChI is InChI=1S/C33H21BrF2O/c1-2-21-7-13-25(14-8-21)37-26-15-9-22(10-16-26)33(23-11-18-31(35)32(36)19-23)29-6-4-3-5-27(29)28-17-12-24(34)20-30(28)33/h2-20H,1H2. The molecule has 0 amide bonds. The Morgan fingerprint density at radius 2 is 1.30 bits per heavy atom. The molecule has 0 N–H and O–H groups in total. The van der Waals surface area contributed by atoms with Gasteiger partial charge in [-0.3, -0.25) is 0 Å². The summed E-state index contributed by atoms with van der Waals surface area (Å²) in [5, 5.41) is 0. The minimum atomic E-state index is -0.874. The van der Waals surface area contributed by atoms with E-state index in [9.17, 15) is 8.78 Å². The van der Waals surface area contributed by atoms with E-state index in [1.807, 2.05) is 66.7 Å². The van der Waals surface area contributed by atoms with Gasteiger partial charge in [-0.1, -0.05) is 89.2 Å². The fourth-order valence-electron chi connectivity index (χ4n) is 5.35. The number of hydrogen-bond acceptors (Lipinski definition) is 1. The second kappa shape index (κ2) is 9.13. The van der Waals surface area contributed by atoms with Crippen LogP contribution in [0.4, 0.5) is 8.78 Å². The lowest BCUT2D eigenvalue weighted by Gasteiger charge is -2.34. The van der Waals surface area contributed by atoms with Crippen LogP contribution in [0.1, 0.15) is 27.8 Å². The van der Waals surface area contributed by atoms with Gasteiger partial charge in [-0.05, 0) is 87.5 Å². The molecule has 180 valence electrons. The van der Waals surface area contributed by atoms with Gasteiger partial charge >= 0.3 is 0 Å². The van der Waals surface area contributed by atoms with E-state index in [0.717, 1.165) is 37.9 Å². The summed E-state index contributed by atoms with van der Waals surface area (Å²) in [6, 6.07) is 34.0. The molecule has 37 heavy (non-hydrogen) atoms. The predicted octanol–water partition coefficient (Wildman–Crippen LogP) is 9.53. The maximum absolute atomic E-state index is 14.7. The van der Waals surface area contributed by atoms with Crippen LogP contribution in [0.15, 0.2) is 120 Å². The Labute approximate surface area is 222 Å². The van der Waals surface area contributed by atoms with Crippen LogP contribution < -0.4 is 4.74 Å². The normalized spacial score (nSPS) is 15.6. The third-order valence-corrected chi connectivity index (χ3v) is 7.49. The highest BCUT2D eigenvalue weighted by Crippen LogP contribution is 2.56. The van der Waals surface area contributed by atoms with Gasteiger partial charge in [0.15, 0.2) is 11.6 Å². The summed E-state index contributed by atoms with van der Waals surface area (Å²) in [5.74, 6) is -0.350. The average molecular weight is 551 g/mol. The topological polar surface area (TPSA) is 9.23 Å². The molecule has 0 saturated heterocycles. The molecule has 0 heterocycles. The van der Waals surface area contributed by atoms with Gasteiger partial charge in [-0.15, -0.1) is 0 Å². The monoisotopic (exact) mass is 550 g/mol. The zero-order valence-electron chi connectivity index (χ0n) is 19.7. The van der Waals surface area contributed by atoms with Gasteiger partial charge in [0.05, 0.1) is 5.41 Å². The number of hydrogen-bond donors (Lipinski definition) is 0. The SMILES string of the molecule is C=Cc1ccc(Oc2ccc(C3(c4ccc(F)c(F)c4)c4ccccc4-c4ccc(Br)cc43)cc2)cc1. The highest BCUT2D eigenvalue weighted by molar-refractivity contribution is 9.10. The van der Waals surface area contributed by atoms with Crippen molar-refractivity contribution in [3.63, 3.8) is 0 Å². The molecular weight excluding hydrogens is 530 g/mol. The maximum atomic E-state index is 14.7. The molecule has 0 fully saturated rings. The number of halogens is 3. The fraction of sp³-hybridized carbons (Fsp3) is 0.0303. The van der Waals surface area contributed by atoms with Gasteiger partial charge in [0.25, 0.3) is 0 Å². The van der Waals surface area contributed by atoms with E-state index in [2.05, 4.69) is 46.8 Å². The Morgan fingerprint density at radius 1 is 0.649 bits per heavy atom.